The quantitative estimate of drug-likeness (QED) is 0.354. The molecule has 0 atom stereocenters. The Kier molecular flexibility index (Phi) is 6.19. The number of benzene rings is 1. The van der Waals surface area contributed by atoms with Crippen LogP contribution < -0.4 is 11.2 Å². The topological polar surface area (TPSA) is 95.8 Å². The maximum Gasteiger partial charge on any atom is 0.146 e. The van der Waals surface area contributed by atoms with E-state index in [1.807, 2.05) is 27.1 Å². The second kappa shape index (κ2) is 8.80. The van der Waals surface area contributed by atoms with Gasteiger partial charge in [-0.25, -0.2) is 15.0 Å². The van der Waals surface area contributed by atoms with E-state index in [-0.39, 0.29) is 0 Å². The zero-order chi connectivity index (χ0) is 21.8. The number of nitrogens with one attached hydrogen (secondary N) is 1. The first-order chi connectivity index (χ1) is 14.4. The number of hydrogen-bond acceptors (Lipinski definition) is 6. The summed E-state index contributed by atoms with van der Waals surface area (Å²) in [5, 5.41) is 12.4. The third kappa shape index (κ3) is 4.04. The molecule has 1 aromatic carbocycles. The smallest absolute Gasteiger partial charge is 0.146 e. The molecule has 7 nitrogen and oxygen atoms in total. The highest BCUT2D eigenvalue weighted by Crippen LogP contribution is 2.38. The van der Waals surface area contributed by atoms with E-state index in [9.17, 15) is 5.26 Å². The van der Waals surface area contributed by atoms with Crippen molar-refractivity contribution < 1.29 is 0 Å². The maximum absolute atomic E-state index is 9.82. The Bertz CT molecular complexity index is 1140. The second-order valence-corrected chi connectivity index (χ2v) is 7.39. The van der Waals surface area contributed by atoms with Crippen LogP contribution in [0.5, 0.6) is 0 Å². The van der Waals surface area contributed by atoms with Crippen molar-refractivity contribution in [1.29, 1.82) is 5.26 Å². The molecule has 0 bridgehead atoms. The Hall–Kier alpha value is -3.63. The molecule has 2 aromatic heterocycles. The number of hydrazine groups is 1. The fourth-order valence-electron chi connectivity index (χ4n) is 3.48. The predicted octanol–water partition coefficient (Wildman–Crippen LogP) is 3.89. The lowest BCUT2D eigenvalue weighted by molar-refractivity contribution is 0.332. The summed E-state index contributed by atoms with van der Waals surface area (Å²) in [6.07, 6.45) is 4.24. The van der Waals surface area contributed by atoms with E-state index in [0.717, 1.165) is 40.8 Å². The zero-order valence-electron chi connectivity index (χ0n) is 17.9. The normalized spacial score (nSPS) is 11.7. The van der Waals surface area contributed by atoms with Crippen molar-refractivity contribution in [2.24, 2.45) is 0 Å². The van der Waals surface area contributed by atoms with Crippen molar-refractivity contribution in [3.05, 3.63) is 59.7 Å². The molecule has 30 heavy (non-hydrogen) atoms. The van der Waals surface area contributed by atoms with Crippen molar-refractivity contribution in [2.75, 3.05) is 19.8 Å². The van der Waals surface area contributed by atoms with Gasteiger partial charge in [0.05, 0.1) is 22.4 Å². The van der Waals surface area contributed by atoms with E-state index in [2.05, 4.69) is 63.8 Å². The number of nitrogens with two attached hydrogens (primary N) is 1. The lowest BCUT2D eigenvalue weighted by Gasteiger charge is -2.15. The molecule has 3 aromatic rings. The summed E-state index contributed by atoms with van der Waals surface area (Å²) < 4.78 is 2.10. The average molecular weight is 402 g/mol. The molecule has 0 spiro atoms. The van der Waals surface area contributed by atoms with Gasteiger partial charge in [0, 0.05) is 26.2 Å². The van der Waals surface area contributed by atoms with Crippen LogP contribution in [0.15, 0.2) is 48.4 Å². The highest BCUT2D eigenvalue weighted by molar-refractivity contribution is 6.05. The van der Waals surface area contributed by atoms with E-state index in [4.69, 9.17) is 5.73 Å². The molecule has 3 N–H and O–H groups in total. The maximum atomic E-state index is 9.82. The van der Waals surface area contributed by atoms with Crippen molar-refractivity contribution in [1.82, 2.24) is 25.0 Å². The molecule has 0 fully saturated rings. The van der Waals surface area contributed by atoms with E-state index < -0.39 is 0 Å². The van der Waals surface area contributed by atoms with Crippen LogP contribution in [-0.4, -0.2) is 33.6 Å². The number of hydrogen-bond donors (Lipinski definition) is 2. The number of nitriles is 1. The highest BCUT2D eigenvalue weighted by Gasteiger charge is 2.21. The van der Waals surface area contributed by atoms with Crippen molar-refractivity contribution >= 4 is 22.9 Å². The summed E-state index contributed by atoms with van der Waals surface area (Å²) >= 11 is 0. The number of anilines is 1. The number of aryl methyl sites for hydroxylation is 2. The minimum atomic E-state index is 0.420. The lowest BCUT2D eigenvalue weighted by Crippen LogP contribution is -2.29. The molecule has 0 amide bonds. The standard InChI is InChI=1S/C23H27N7/c1-6-11-30-19(12-18(13-24)16(3)28-29(4)5)20(17-9-7-15(2)8-10-17)21-22(25)26-14-27-23(21)30/h7-10,12,14,28H,3,6,11H2,1-2,4-5H3,(H2,25,26,27)/b18-12+. The van der Waals surface area contributed by atoms with Gasteiger partial charge in [-0.1, -0.05) is 43.3 Å². The highest BCUT2D eigenvalue weighted by atomic mass is 15.5. The van der Waals surface area contributed by atoms with Crippen LogP contribution in [-0.2, 0) is 6.54 Å². The Morgan fingerprint density at radius 1 is 1.30 bits per heavy atom. The van der Waals surface area contributed by atoms with Gasteiger partial charge in [0.25, 0.3) is 0 Å². The van der Waals surface area contributed by atoms with E-state index >= 15 is 0 Å². The molecular weight excluding hydrogens is 374 g/mol. The molecule has 0 unspecified atom stereocenters. The van der Waals surface area contributed by atoms with Crippen LogP contribution in [0.3, 0.4) is 0 Å². The molecule has 3 rings (SSSR count). The first kappa shape index (κ1) is 21.1. The van der Waals surface area contributed by atoms with Crippen LogP contribution in [0.25, 0.3) is 28.2 Å². The van der Waals surface area contributed by atoms with Gasteiger partial charge in [-0.3, -0.25) is 0 Å². The summed E-state index contributed by atoms with van der Waals surface area (Å²) in [7, 11) is 3.70. The Morgan fingerprint density at radius 2 is 2.00 bits per heavy atom. The van der Waals surface area contributed by atoms with Gasteiger partial charge in [-0.15, -0.1) is 0 Å². The summed E-state index contributed by atoms with van der Waals surface area (Å²) in [5.74, 6) is 0.420. The molecule has 0 saturated heterocycles. The second-order valence-electron chi connectivity index (χ2n) is 7.39. The average Bonchev–Trinajstić information content (AvgIpc) is 3.01. The molecule has 0 aliphatic carbocycles. The summed E-state index contributed by atoms with van der Waals surface area (Å²) in [5.41, 5.74) is 15.0. The minimum absolute atomic E-state index is 0.420. The first-order valence-corrected chi connectivity index (χ1v) is 9.82. The van der Waals surface area contributed by atoms with Crippen molar-refractivity contribution in [2.45, 2.75) is 26.8 Å². The van der Waals surface area contributed by atoms with Crippen LogP contribution in [0.1, 0.15) is 24.6 Å². The van der Waals surface area contributed by atoms with Gasteiger partial charge in [-0.2, -0.15) is 5.26 Å². The summed E-state index contributed by atoms with van der Waals surface area (Å²) in [4.78, 5) is 8.76. The Morgan fingerprint density at radius 3 is 2.60 bits per heavy atom. The number of aromatic nitrogens is 3. The molecule has 0 aliphatic rings. The Labute approximate surface area is 177 Å². The number of allylic oxidation sites excluding steroid dienone is 1. The third-order valence-electron chi connectivity index (χ3n) is 4.78. The number of nitrogens with zero attached hydrogens (tertiary/aromatic N) is 5. The van der Waals surface area contributed by atoms with Gasteiger partial charge < -0.3 is 15.7 Å². The van der Waals surface area contributed by atoms with E-state index in [0.29, 0.717) is 17.1 Å². The molecule has 0 saturated carbocycles. The zero-order valence-corrected chi connectivity index (χ0v) is 17.9. The first-order valence-electron chi connectivity index (χ1n) is 9.82. The van der Waals surface area contributed by atoms with Crippen LogP contribution >= 0.6 is 0 Å². The van der Waals surface area contributed by atoms with Crippen LogP contribution in [0.2, 0.25) is 0 Å². The largest absolute Gasteiger partial charge is 0.383 e. The molecular formula is C23H27N7. The number of nitrogen functional groups attached to an aromatic ring is 1. The molecule has 0 radical (unpaired) electrons. The van der Waals surface area contributed by atoms with Crippen LogP contribution in [0.4, 0.5) is 5.82 Å². The van der Waals surface area contributed by atoms with Gasteiger partial charge in [0.1, 0.15) is 23.9 Å². The van der Waals surface area contributed by atoms with Gasteiger partial charge in [-0.05, 0) is 25.0 Å². The summed E-state index contributed by atoms with van der Waals surface area (Å²) in [6, 6.07) is 10.5. The van der Waals surface area contributed by atoms with E-state index in [1.165, 1.54) is 11.9 Å². The molecule has 0 aliphatic heterocycles. The molecule has 7 heteroatoms. The molecule has 154 valence electrons. The van der Waals surface area contributed by atoms with E-state index in [1.54, 1.807) is 5.01 Å². The van der Waals surface area contributed by atoms with Crippen molar-refractivity contribution in [3.63, 3.8) is 0 Å². The predicted molar refractivity (Wildman–Crippen MR) is 122 cm³/mol. The number of rotatable bonds is 7. The third-order valence-corrected chi connectivity index (χ3v) is 4.78. The van der Waals surface area contributed by atoms with Gasteiger partial charge in [0.15, 0.2) is 0 Å². The van der Waals surface area contributed by atoms with Gasteiger partial charge in [0.2, 0.25) is 0 Å². The summed E-state index contributed by atoms with van der Waals surface area (Å²) in [6.45, 7) is 8.90. The monoisotopic (exact) mass is 401 g/mol. The Balaban J connectivity index is 2.37. The van der Waals surface area contributed by atoms with Crippen molar-refractivity contribution in [3.8, 4) is 17.2 Å². The number of fused-ring (bicyclic) bond motifs is 1. The SMILES string of the molecule is C=C(NN(C)C)/C(C#N)=C/c1c(-c2ccc(C)cc2)c2c(N)ncnc2n1CCC. The molecule has 2 heterocycles. The van der Waals surface area contributed by atoms with Gasteiger partial charge >= 0.3 is 0 Å². The minimum Gasteiger partial charge on any atom is -0.383 e. The van der Waals surface area contributed by atoms with Crippen LogP contribution in [0, 0.1) is 18.3 Å². The fourth-order valence-corrected chi connectivity index (χ4v) is 3.48. The fraction of sp³-hybridized carbons (Fsp3) is 0.261. The lowest BCUT2D eigenvalue weighted by atomic mass is 10.00.